The molecule has 0 atom stereocenters. The van der Waals surface area contributed by atoms with E-state index >= 15 is 0 Å². The van der Waals surface area contributed by atoms with E-state index in [0.29, 0.717) is 29.8 Å². The maximum absolute atomic E-state index is 4.98. The first-order valence-corrected chi connectivity index (χ1v) is 4.94. The van der Waals surface area contributed by atoms with E-state index < -0.39 is 0 Å². The molecule has 0 bridgehead atoms. The highest BCUT2D eigenvalue weighted by Gasteiger charge is 2.01. The predicted molar refractivity (Wildman–Crippen MR) is 57.0 cm³/mol. The van der Waals surface area contributed by atoms with Gasteiger partial charge in [0.25, 0.3) is 0 Å². The molecule has 5 nitrogen and oxygen atoms in total. The number of thiocarbonyl (C=S) groups is 1. The Hall–Kier alpha value is -1.17. The summed E-state index contributed by atoms with van der Waals surface area (Å²) in [5.74, 6) is 1.29. The van der Waals surface area contributed by atoms with Crippen LogP contribution >= 0.6 is 12.2 Å². The Morgan fingerprint density at radius 1 is 1.50 bits per heavy atom. The zero-order valence-corrected chi connectivity index (χ0v) is 9.15. The quantitative estimate of drug-likeness (QED) is 0.708. The van der Waals surface area contributed by atoms with E-state index in [1.807, 2.05) is 6.92 Å². The van der Waals surface area contributed by atoms with Crippen LogP contribution in [-0.2, 0) is 6.42 Å². The highest BCUT2D eigenvalue weighted by molar-refractivity contribution is 7.80. The summed E-state index contributed by atoms with van der Waals surface area (Å²) in [7, 11) is 0. The second-order valence-corrected chi connectivity index (χ2v) is 3.18. The predicted octanol–water partition coefficient (Wildman–Crippen LogP) is 0.405. The summed E-state index contributed by atoms with van der Waals surface area (Å²) in [4.78, 5) is 4.07. The van der Waals surface area contributed by atoms with Gasteiger partial charge in [0.15, 0.2) is 10.9 Å². The first-order chi connectivity index (χ1) is 6.72. The molecule has 14 heavy (non-hydrogen) atoms. The van der Waals surface area contributed by atoms with Crippen molar-refractivity contribution in [3.05, 3.63) is 11.7 Å². The van der Waals surface area contributed by atoms with E-state index in [-0.39, 0.29) is 0 Å². The molecular weight excluding hydrogens is 200 g/mol. The van der Waals surface area contributed by atoms with Crippen molar-refractivity contribution in [2.75, 3.05) is 13.1 Å². The van der Waals surface area contributed by atoms with Gasteiger partial charge in [-0.1, -0.05) is 5.16 Å². The van der Waals surface area contributed by atoms with Gasteiger partial charge in [0, 0.05) is 19.5 Å². The minimum atomic E-state index is 0.634. The second kappa shape index (κ2) is 5.54. The second-order valence-electron chi connectivity index (χ2n) is 2.77. The Morgan fingerprint density at radius 2 is 2.29 bits per heavy atom. The molecule has 78 valence electrons. The molecule has 0 aliphatic rings. The Balaban J connectivity index is 2.18. The summed E-state index contributed by atoms with van der Waals surface area (Å²) < 4.78 is 4.94. The molecule has 0 aliphatic carbocycles. The van der Waals surface area contributed by atoms with Crippen LogP contribution in [0.4, 0.5) is 0 Å². The largest absolute Gasteiger partial charge is 0.363 e. The van der Waals surface area contributed by atoms with Crippen LogP contribution < -0.4 is 10.6 Å². The van der Waals surface area contributed by atoms with Crippen molar-refractivity contribution in [1.82, 2.24) is 20.8 Å². The van der Waals surface area contributed by atoms with Gasteiger partial charge in [-0.15, -0.1) is 0 Å². The summed E-state index contributed by atoms with van der Waals surface area (Å²) in [6.07, 6.45) is 0.687. The third-order valence-electron chi connectivity index (χ3n) is 1.53. The van der Waals surface area contributed by atoms with Gasteiger partial charge in [0.05, 0.1) is 0 Å². The lowest BCUT2D eigenvalue weighted by Gasteiger charge is -2.06. The average molecular weight is 214 g/mol. The molecule has 0 unspecified atom stereocenters. The van der Waals surface area contributed by atoms with Gasteiger partial charge in [-0.2, -0.15) is 4.98 Å². The summed E-state index contributed by atoms with van der Waals surface area (Å²) >= 11 is 4.98. The van der Waals surface area contributed by atoms with Crippen molar-refractivity contribution in [3.63, 3.8) is 0 Å². The molecule has 1 aromatic heterocycles. The summed E-state index contributed by atoms with van der Waals surface area (Å²) in [5, 5.41) is 10.4. The normalized spacial score (nSPS) is 9.86. The summed E-state index contributed by atoms with van der Waals surface area (Å²) in [6.45, 7) is 5.32. The molecule has 1 heterocycles. The molecule has 0 fully saturated rings. The molecule has 0 amide bonds. The molecule has 0 saturated heterocycles. The van der Waals surface area contributed by atoms with Gasteiger partial charge in [0.2, 0.25) is 5.89 Å². The first-order valence-electron chi connectivity index (χ1n) is 4.53. The fourth-order valence-corrected chi connectivity index (χ4v) is 1.19. The maximum Gasteiger partial charge on any atom is 0.228 e. The molecule has 6 heteroatoms. The number of nitrogens with zero attached hydrogens (tertiary/aromatic N) is 2. The Bertz CT molecular complexity index is 299. The minimum Gasteiger partial charge on any atom is -0.363 e. The smallest absolute Gasteiger partial charge is 0.228 e. The molecule has 1 rings (SSSR count). The average Bonchev–Trinajstić information content (AvgIpc) is 2.52. The van der Waals surface area contributed by atoms with Crippen molar-refractivity contribution in [2.45, 2.75) is 20.3 Å². The van der Waals surface area contributed by atoms with E-state index in [0.717, 1.165) is 6.54 Å². The van der Waals surface area contributed by atoms with Gasteiger partial charge in [-0.25, -0.2) is 0 Å². The van der Waals surface area contributed by atoms with Crippen molar-refractivity contribution < 1.29 is 4.52 Å². The standard InChI is InChI=1S/C8H14N4OS/c1-3-9-8(14)10-5-4-7-11-6(2)12-13-7/h3-5H2,1-2H3,(H2,9,10,14). The zero-order chi connectivity index (χ0) is 10.4. The summed E-state index contributed by atoms with van der Waals surface area (Å²) in [5.41, 5.74) is 0. The fraction of sp³-hybridized carbons (Fsp3) is 0.625. The lowest BCUT2D eigenvalue weighted by Crippen LogP contribution is -2.36. The minimum absolute atomic E-state index is 0.634. The monoisotopic (exact) mass is 214 g/mol. The number of aryl methyl sites for hydroxylation is 1. The lowest BCUT2D eigenvalue weighted by molar-refractivity contribution is 0.374. The SMILES string of the molecule is CCNC(=S)NCCc1nc(C)no1. The molecule has 0 saturated carbocycles. The molecule has 2 N–H and O–H groups in total. The molecule has 0 radical (unpaired) electrons. The molecule has 1 aromatic rings. The van der Waals surface area contributed by atoms with Gasteiger partial charge in [-0.3, -0.25) is 0 Å². The first kappa shape index (κ1) is 10.9. The van der Waals surface area contributed by atoms with E-state index in [1.54, 1.807) is 6.92 Å². The number of rotatable bonds is 4. The zero-order valence-electron chi connectivity index (χ0n) is 8.33. The van der Waals surface area contributed by atoms with Gasteiger partial charge < -0.3 is 15.2 Å². The van der Waals surface area contributed by atoms with E-state index in [1.165, 1.54) is 0 Å². The van der Waals surface area contributed by atoms with Crippen LogP contribution in [0.5, 0.6) is 0 Å². The highest BCUT2D eigenvalue weighted by Crippen LogP contribution is 1.95. The maximum atomic E-state index is 4.98. The number of hydrogen-bond donors (Lipinski definition) is 2. The Labute approximate surface area is 88.3 Å². The van der Waals surface area contributed by atoms with Gasteiger partial charge >= 0.3 is 0 Å². The molecule has 0 aliphatic heterocycles. The number of aromatic nitrogens is 2. The molecule has 0 aromatic carbocycles. The van der Waals surface area contributed by atoms with Crippen LogP contribution in [0.25, 0.3) is 0 Å². The van der Waals surface area contributed by atoms with Crippen LogP contribution in [0, 0.1) is 6.92 Å². The third-order valence-corrected chi connectivity index (χ3v) is 1.82. The van der Waals surface area contributed by atoms with Crippen LogP contribution in [0.1, 0.15) is 18.6 Å². The van der Waals surface area contributed by atoms with Gasteiger partial charge in [-0.05, 0) is 26.1 Å². The van der Waals surface area contributed by atoms with E-state index in [2.05, 4.69) is 20.8 Å². The Morgan fingerprint density at radius 3 is 2.86 bits per heavy atom. The van der Waals surface area contributed by atoms with Crippen molar-refractivity contribution in [3.8, 4) is 0 Å². The van der Waals surface area contributed by atoms with E-state index in [9.17, 15) is 0 Å². The topological polar surface area (TPSA) is 63.0 Å². The van der Waals surface area contributed by atoms with Crippen molar-refractivity contribution in [1.29, 1.82) is 0 Å². The number of hydrogen-bond acceptors (Lipinski definition) is 4. The van der Waals surface area contributed by atoms with Crippen LogP contribution in [0.2, 0.25) is 0 Å². The lowest BCUT2D eigenvalue weighted by atomic mass is 10.4. The Kier molecular flexibility index (Phi) is 4.31. The third kappa shape index (κ3) is 3.69. The van der Waals surface area contributed by atoms with Gasteiger partial charge in [0.1, 0.15) is 0 Å². The van der Waals surface area contributed by atoms with Crippen LogP contribution in [-0.4, -0.2) is 28.3 Å². The van der Waals surface area contributed by atoms with Crippen molar-refractivity contribution >= 4 is 17.3 Å². The van der Waals surface area contributed by atoms with Crippen LogP contribution in [0.15, 0.2) is 4.52 Å². The molecular formula is C8H14N4OS. The molecule has 0 spiro atoms. The highest BCUT2D eigenvalue weighted by atomic mass is 32.1. The van der Waals surface area contributed by atoms with E-state index in [4.69, 9.17) is 16.7 Å². The van der Waals surface area contributed by atoms with Crippen LogP contribution in [0.3, 0.4) is 0 Å². The number of nitrogens with one attached hydrogen (secondary N) is 2. The van der Waals surface area contributed by atoms with Crippen molar-refractivity contribution in [2.24, 2.45) is 0 Å². The summed E-state index contributed by atoms with van der Waals surface area (Å²) in [6, 6.07) is 0. The fourth-order valence-electron chi connectivity index (χ4n) is 0.948.